The number of nitrogens with one attached hydrogen (secondary N) is 1. The van der Waals surface area contributed by atoms with Gasteiger partial charge in [0.25, 0.3) is 5.91 Å². The number of amides is 2. The molecule has 0 bridgehead atoms. The fourth-order valence-corrected chi connectivity index (χ4v) is 3.15. The molecule has 0 unspecified atom stereocenters. The zero-order chi connectivity index (χ0) is 16.8. The summed E-state index contributed by atoms with van der Waals surface area (Å²) < 4.78 is 0.836. The summed E-state index contributed by atoms with van der Waals surface area (Å²) in [5, 5.41) is 3.29. The van der Waals surface area contributed by atoms with Crippen molar-refractivity contribution in [2.45, 2.75) is 20.3 Å². The van der Waals surface area contributed by atoms with E-state index in [1.54, 1.807) is 29.3 Å². The van der Waals surface area contributed by atoms with Crippen molar-refractivity contribution in [1.29, 1.82) is 0 Å². The Hall–Kier alpha value is -1.73. The molecule has 0 aliphatic rings. The van der Waals surface area contributed by atoms with Crippen molar-refractivity contribution >= 4 is 44.2 Å². The Kier molecular flexibility index (Phi) is 6.29. The molecule has 5 nitrogen and oxygen atoms in total. The first-order valence-corrected chi connectivity index (χ1v) is 8.87. The molecule has 23 heavy (non-hydrogen) atoms. The Morgan fingerprint density at radius 3 is 2.78 bits per heavy atom. The van der Waals surface area contributed by atoms with Gasteiger partial charge in [-0.05, 0) is 31.5 Å². The van der Waals surface area contributed by atoms with Gasteiger partial charge in [-0.15, -0.1) is 11.3 Å². The number of benzene rings is 1. The van der Waals surface area contributed by atoms with Crippen LogP contribution in [-0.4, -0.2) is 34.8 Å². The van der Waals surface area contributed by atoms with Gasteiger partial charge in [0, 0.05) is 27.7 Å². The van der Waals surface area contributed by atoms with Crippen molar-refractivity contribution in [3.8, 4) is 0 Å². The molecule has 1 heterocycles. The first kappa shape index (κ1) is 17.6. The molecule has 2 amide bonds. The summed E-state index contributed by atoms with van der Waals surface area (Å²) >= 11 is 4.77. The number of thiazole rings is 1. The molecule has 0 spiro atoms. The van der Waals surface area contributed by atoms with Gasteiger partial charge in [0.2, 0.25) is 5.91 Å². The SMILES string of the molecule is CCCN(CC(=O)Nc1ncc(C)s1)C(=O)c1cccc(Br)c1. The second kappa shape index (κ2) is 8.21. The summed E-state index contributed by atoms with van der Waals surface area (Å²) in [5.74, 6) is -0.394. The van der Waals surface area contributed by atoms with Crippen LogP contribution < -0.4 is 5.32 Å². The lowest BCUT2D eigenvalue weighted by molar-refractivity contribution is -0.116. The Labute approximate surface area is 147 Å². The van der Waals surface area contributed by atoms with Gasteiger partial charge in [-0.1, -0.05) is 28.9 Å². The van der Waals surface area contributed by atoms with Crippen LogP contribution in [0.2, 0.25) is 0 Å². The van der Waals surface area contributed by atoms with Crippen molar-refractivity contribution in [2.24, 2.45) is 0 Å². The van der Waals surface area contributed by atoms with E-state index < -0.39 is 0 Å². The van der Waals surface area contributed by atoms with Crippen molar-refractivity contribution in [1.82, 2.24) is 9.88 Å². The van der Waals surface area contributed by atoms with Gasteiger partial charge < -0.3 is 10.2 Å². The fraction of sp³-hybridized carbons (Fsp3) is 0.312. The molecule has 0 saturated heterocycles. The van der Waals surface area contributed by atoms with Crippen LogP contribution in [0, 0.1) is 6.92 Å². The normalized spacial score (nSPS) is 10.4. The quantitative estimate of drug-likeness (QED) is 0.810. The summed E-state index contributed by atoms with van der Waals surface area (Å²) in [6, 6.07) is 7.17. The van der Waals surface area contributed by atoms with Crippen LogP contribution in [0.25, 0.3) is 0 Å². The predicted octanol–water partition coefficient (Wildman–Crippen LogP) is 3.70. The zero-order valence-corrected chi connectivity index (χ0v) is 15.4. The lowest BCUT2D eigenvalue weighted by Gasteiger charge is -2.21. The van der Waals surface area contributed by atoms with Crippen molar-refractivity contribution in [2.75, 3.05) is 18.4 Å². The van der Waals surface area contributed by atoms with E-state index in [2.05, 4.69) is 26.2 Å². The lowest BCUT2D eigenvalue weighted by atomic mass is 10.2. The van der Waals surface area contributed by atoms with Crippen molar-refractivity contribution in [3.05, 3.63) is 45.4 Å². The van der Waals surface area contributed by atoms with Crippen molar-refractivity contribution < 1.29 is 9.59 Å². The molecular formula is C16H18BrN3O2S. The Bertz CT molecular complexity index is 702. The van der Waals surface area contributed by atoms with Gasteiger partial charge in [-0.3, -0.25) is 9.59 Å². The number of rotatable bonds is 6. The molecule has 1 N–H and O–H groups in total. The molecule has 7 heteroatoms. The largest absolute Gasteiger partial charge is 0.329 e. The van der Waals surface area contributed by atoms with Crippen LogP contribution in [0.5, 0.6) is 0 Å². The first-order valence-electron chi connectivity index (χ1n) is 7.26. The highest BCUT2D eigenvalue weighted by atomic mass is 79.9. The molecule has 2 aromatic rings. The number of halogens is 1. The number of hydrogen-bond acceptors (Lipinski definition) is 4. The Morgan fingerprint density at radius 2 is 2.17 bits per heavy atom. The number of aromatic nitrogens is 1. The third-order valence-electron chi connectivity index (χ3n) is 3.05. The number of anilines is 1. The predicted molar refractivity (Wildman–Crippen MR) is 95.8 cm³/mol. The topological polar surface area (TPSA) is 62.3 Å². The molecule has 0 aliphatic heterocycles. The minimum absolute atomic E-state index is 0.0117. The number of carbonyl (C=O) groups excluding carboxylic acids is 2. The molecule has 1 aromatic heterocycles. The molecule has 0 fully saturated rings. The maximum Gasteiger partial charge on any atom is 0.254 e. The highest BCUT2D eigenvalue weighted by Gasteiger charge is 2.19. The molecule has 122 valence electrons. The summed E-state index contributed by atoms with van der Waals surface area (Å²) in [7, 11) is 0. The van der Waals surface area contributed by atoms with Gasteiger partial charge in [-0.2, -0.15) is 0 Å². The second-order valence-corrected chi connectivity index (χ2v) is 7.21. The molecule has 0 radical (unpaired) electrons. The number of carbonyl (C=O) groups is 2. The van der Waals surface area contributed by atoms with E-state index in [0.29, 0.717) is 17.2 Å². The monoisotopic (exact) mass is 395 g/mol. The molecule has 0 atom stereocenters. The summed E-state index contributed by atoms with van der Waals surface area (Å²) in [5.41, 5.74) is 0.561. The molecular weight excluding hydrogens is 378 g/mol. The van der Waals surface area contributed by atoms with Crippen LogP contribution in [0.1, 0.15) is 28.6 Å². The van der Waals surface area contributed by atoms with Crippen LogP contribution >= 0.6 is 27.3 Å². The van der Waals surface area contributed by atoms with Gasteiger partial charge >= 0.3 is 0 Å². The summed E-state index contributed by atoms with van der Waals surface area (Å²) in [6.45, 7) is 4.43. The zero-order valence-electron chi connectivity index (χ0n) is 13.0. The highest BCUT2D eigenvalue weighted by molar-refractivity contribution is 9.10. The molecule has 2 rings (SSSR count). The van der Waals surface area contributed by atoms with E-state index in [9.17, 15) is 9.59 Å². The van der Waals surface area contributed by atoms with Crippen LogP contribution in [0.3, 0.4) is 0 Å². The van der Waals surface area contributed by atoms with E-state index in [0.717, 1.165) is 15.8 Å². The van der Waals surface area contributed by atoms with E-state index in [1.807, 2.05) is 19.9 Å². The van der Waals surface area contributed by atoms with E-state index >= 15 is 0 Å². The average molecular weight is 396 g/mol. The van der Waals surface area contributed by atoms with Crippen LogP contribution in [0.15, 0.2) is 34.9 Å². The van der Waals surface area contributed by atoms with Crippen molar-refractivity contribution in [3.63, 3.8) is 0 Å². The average Bonchev–Trinajstić information content (AvgIpc) is 2.91. The number of aryl methyl sites for hydroxylation is 1. The van der Waals surface area contributed by atoms with Gasteiger partial charge in [-0.25, -0.2) is 4.98 Å². The standard InChI is InChI=1S/C16H18BrN3O2S/c1-3-7-20(15(22)12-5-4-6-13(17)8-12)10-14(21)19-16-18-9-11(2)23-16/h4-6,8-9H,3,7,10H2,1-2H3,(H,18,19,21). The van der Waals surface area contributed by atoms with Crippen LogP contribution in [0.4, 0.5) is 5.13 Å². The number of nitrogens with zero attached hydrogens (tertiary/aromatic N) is 2. The number of hydrogen-bond donors (Lipinski definition) is 1. The minimum Gasteiger partial charge on any atom is -0.329 e. The van der Waals surface area contributed by atoms with E-state index in [4.69, 9.17) is 0 Å². The first-order chi connectivity index (χ1) is 11.0. The third kappa shape index (κ3) is 5.14. The lowest BCUT2D eigenvalue weighted by Crippen LogP contribution is -2.38. The van der Waals surface area contributed by atoms with Crippen LogP contribution in [-0.2, 0) is 4.79 Å². The second-order valence-electron chi connectivity index (χ2n) is 5.06. The molecule has 0 aliphatic carbocycles. The Balaban J connectivity index is 2.05. The molecule has 0 saturated carbocycles. The minimum atomic E-state index is -0.240. The summed E-state index contributed by atoms with van der Waals surface area (Å²) in [4.78, 5) is 31.4. The van der Waals surface area contributed by atoms with E-state index in [-0.39, 0.29) is 18.4 Å². The van der Waals surface area contributed by atoms with Gasteiger partial charge in [0.15, 0.2) is 5.13 Å². The fourth-order valence-electron chi connectivity index (χ4n) is 2.07. The smallest absolute Gasteiger partial charge is 0.254 e. The van der Waals surface area contributed by atoms with Gasteiger partial charge in [0.1, 0.15) is 6.54 Å². The summed E-state index contributed by atoms with van der Waals surface area (Å²) in [6.07, 6.45) is 2.49. The van der Waals surface area contributed by atoms with Gasteiger partial charge in [0.05, 0.1) is 0 Å². The molecule has 1 aromatic carbocycles. The third-order valence-corrected chi connectivity index (χ3v) is 4.38. The maximum absolute atomic E-state index is 12.6. The highest BCUT2D eigenvalue weighted by Crippen LogP contribution is 2.17. The Morgan fingerprint density at radius 1 is 1.39 bits per heavy atom. The maximum atomic E-state index is 12.6. The van der Waals surface area contributed by atoms with E-state index in [1.165, 1.54) is 11.3 Å².